The molecule has 0 aliphatic rings. The Balaban J connectivity index is 2.75. The second-order valence-electron chi connectivity index (χ2n) is 3.34. The van der Waals surface area contributed by atoms with Gasteiger partial charge in [0, 0.05) is 23.9 Å². The minimum absolute atomic E-state index is 0.0247. The summed E-state index contributed by atoms with van der Waals surface area (Å²) in [6, 6.07) is 5.38. The van der Waals surface area contributed by atoms with Crippen molar-refractivity contribution in [1.82, 2.24) is 5.32 Å². The molecule has 2 N–H and O–H groups in total. The molecular weight excluding hydrogens is 244 g/mol. The fourth-order valence-electron chi connectivity index (χ4n) is 1.30. The lowest BCUT2D eigenvalue weighted by atomic mass is 10.1. The van der Waals surface area contributed by atoms with Crippen LogP contribution in [0, 0.1) is 10.1 Å². The molecule has 0 fully saturated rings. The molecule has 0 heterocycles. The van der Waals surface area contributed by atoms with Gasteiger partial charge >= 0.3 is 5.97 Å². The number of benzene rings is 1. The summed E-state index contributed by atoms with van der Waals surface area (Å²) in [5, 5.41) is 22.2. The molecule has 1 aromatic rings. The highest BCUT2D eigenvalue weighted by Crippen LogP contribution is 2.17. The quantitative estimate of drug-likeness (QED) is 0.402. The van der Waals surface area contributed by atoms with Crippen molar-refractivity contribution in [2.24, 2.45) is 0 Å². The third-order valence-electron chi connectivity index (χ3n) is 2.21. The van der Waals surface area contributed by atoms with E-state index in [0.717, 1.165) is 0 Å². The summed E-state index contributed by atoms with van der Waals surface area (Å²) in [6.07, 6.45) is 0. The van der Waals surface area contributed by atoms with Crippen LogP contribution >= 0.6 is 12.6 Å². The maximum Gasteiger partial charge on any atom is 0.321 e. The van der Waals surface area contributed by atoms with E-state index in [-0.39, 0.29) is 18.0 Å². The Bertz CT molecular complexity index is 425. The SMILES string of the molecule is O=C(O)C(CS)NCc1ccccc1[N+](=O)[O-]. The average Bonchev–Trinajstić information content (AvgIpc) is 2.29. The van der Waals surface area contributed by atoms with Crippen molar-refractivity contribution in [3.8, 4) is 0 Å². The maximum atomic E-state index is 10.7. The number of carboxylic acids is 1. The Morgan fingerprint density at radius 2 is 2.18 bits per heavy atom. The van der Waals surface area contributed by atoms with Crippen molar-refractivity contribution < 1.29 is 14.8 Å². The van der Waals surface area contributed by atoms with Crippen LogP contribution in [0.4, 0.5) is 5.69 Å². The zero-order valence-corrected chi connectivity index (χ0v) is 9.76. The lowest BCUT2D eigenvalue weighted by Gasteiger charge is -2.11. The number of nitro groups is 1. The lowest BCUT2D eigenvalue weighted by molar-refractivity contribution is -0.385. The van der Waals surface area contributed by atoms with E-state index in [1.165, 1.54) is 6.07 Å². The van der Waals surface area contributed by atoms with E-state index in [1.54, 1.807) is 18.2 Å². The van der Waals surface area contributed by atoms with Gasteiger partial charge in [0.2, 0.25) is 0 Å². The second kappa shape index (κ2) is 6.21. The first-order chi connectivity index (χ1) is 8.06. The first-order valence-corrected chi connectivity index (χ1v) is 5.49. The van der Waals surface area contributed by atoms with Crippen molar-refractivity contribution in [3.05, 3.63) is 39.9 Å². The number of aliphatic carboxylic acids is 1. The summed E-state index contributed by atoms with van der Waals surface area (Å²) in [5.74, 6) is -0.908. The Labute approximate surface area is 103 Å². The number of carbonyl (C=O) groups is 1. The Morgan fingerprint density at radius 3 is 2.71 bits per heavy atom. The van der Waals surface area contributed by atoms with Crippen LogP contribution in [0.15, 0.2) is 24.3 Å². The number of hydrogen-bond acceptors (Lipinski definition) is 5. The molecule has 0 amide bonds. The molecule has 0 aliphatic heterocycles. The third-order valence-corrected chi connectivity index (χ3v) is 2.57. The summed E-state index contributed by atoms with van der Waals surface area (Å²) in [4.78, 5) is 20.9. The van der Waals surface area contributed by atoms with Gasteiger partial charge in [0.05, 0.1) is 4.92 Å². The Kier molecular flexibility index (Phi) is 4.92. The molecule has 92 valence electrons. The molecule has 0 aromatic heterocycles. The van der Waals surface area contributed by atoms with Crippen LogP contribution in [0.2, 0.25) is 0 Å². The van der Waals surface area contributed by atoms with E-state index in [2.05, 4.69) is 17.9 Å². The molecule has 0 spiro atoms. The summed E-state index contributed by atoms with van der Waals surface area (Å²) >= 11 is 3.89. The summed E-state index contributed by atoms with van der Waals surface area (Å²) in [6.45, 7) is 0.120. The number of rotatable bonds is 6. The van der Waals surface area contributed by atoms with Crippen LogP contribution in [-0.2, 0) is 11.3 Å². The zero-order valence-electron chi connectivity index (χ0n) is 8.87. The predicted octanol–water partition coefficient (Wildman–Crippen LogP) is 1.07. The summed E-state index contributed by atoms with van der Waals surface area (Å²) < 4.78 is 0. The van der Waals surface area contributed by atoms with E-state index < -0.39 is 16.9 Å². The van der Waals surface area contributed by atoms with Gasteiger partial charge in [-0.1, -0.05) is 18.2 Å². The normalized spacial score (nSPS) is 12.1. The first-order valence-electron chi connectivity index (χ1n) is 4.85. The van der Waals surface area contributed by atoms with Crippen molar-refractivity contribution in [2.45, 2.75) is 12.6 Å². The molecule has 0 aliphatic carbocycles. The van der Waals surface area contributed by atoms with Crippen LogP contribution in [0.3, 0.4) is 0 Å². The molecule has 0 bridgehead atoms. The van der Waals surface area contributed by atoms with Gasteiger partial charge in [-0.3, -0.25) is 20.2 Å². The molecule has 0 saturated carbocycles. The van der Waals surface area contributed by atoms with E-state index >= 15 is 0 Å². The highest BCUT2D eigenvalue weighted by Gasteiger charge is 2.17. The van der Waals surface area contributed by atoms with Gasteiger partial charge in [-0.15, -0.1) is 0 Å². The average molecular weight is 256 g/mol. The number of nitro benzene ring substituents is 1. The smallest absolute Gasteiger partial charge is 0.321 e. The van der Waals surface area contributed by atoms with Gasteiger partial charge in [0.15, 0.2) is 0 Å². The topological polar surface area (TPSA) is 92.5 Å². The predicted molar refractivity (Wildman–Crippen MR) is 65.2 cm³/mol. The molecule has 0 saturated heterocycles. The number of nitrogens with one attached hydrogen (secondary N) is 1. The summed E-state index contributed by atoms with van der Waals surface area (Å²) in [7, 11) is 0. The number of thiol groups is 1. The molecule has 6 nitrogen and oxygen atoms in total. The van der Waals surface area contributed by atoms with E-state index in [9.17, 15) is 14.9 Å². The molecule has 1 atom stereocenters. The number of nitrogens with zero attached hydrogens (tertiary/aromatic N) is 1. The molecule has 0 radical (unpaired) electrons. The molecule has 1 unspecified atom stereocenters. The van der Waals surface area contributed by atoms with Crippen LogP contribution in [0.5, 0.6) is 0 Å². The summed E-state index contributed by atoms with van der Waals surface area (Å²) in [5.41, 5.74) is 0.425. The van der Waals surface area contributed by atoms with Gasteiger partial charge in [0.1, 0.15) is 6.04 Å². The van der Waals surface area contributed by atoms with E-state index in [0.29, 0.717) is 5.56 Å². The van der Waals surface area contributed by atoms with Crippen molar-refractivity contribution >= 4 is 24.3 Å². The van der Waals surface area contributed by atoms with E-state index in [4.69, 9.17) is 5.11 Å². The maximum absolute atomic E-state index is 10.7. The minimum Gasteiger partial charge on any atom is -0.480 e. The molecule has 1 rings (SSSR count). The standard InChI is InChI=1S/C10H12N2O4S/c13-10(14)8(6-17)11-5-7-3-1-2-4-9(7)12(15)16/h1-4,8,11,17H,5-6H2,(H,13,14). The van der Waals surface area contributed by atoms with Gasteiger partial charge < -0.3 is 5.11 Å². The van der Waals surface area contributed by atoms with Crippen LogP contribution in [0.1, 0.15) is 5.56 Å². The van der Waals surface area contributed by atoms with Gasteiger partial charge in [-0.25, -0.2) is 0 Å². The number of carboxylic acid groups (broad SMARTS) is 1. The lowest BCUT2D eigenvalue weighted by Crippen LogP contribution is -2.37. The van der Waals surface area contributed by atoms with Gasteiger partial charge in [-0.05, 0) is 0 Å². The highest BCUT2D eigenvalue weighted by atomic mass is 32.1. The molecule has 17 heavy (non-hydrogen) atoms. The monoisotopic (exact) mass is 256 g/mol. The zero-order chi connectivity index (χ0) is 12.8. The van der Waals surface area contributed by atoms with Crippen LogP contribution in [0.25, 0.3) is 0 Å². The first kappa shape index (κ1) is 13.5. The molecule has 1 aromatic carbocycles. The largest absolute Gasteiger partial charge is 0.480 e. The van der Waals surface area contributed by atoms with Crippen LogP contribution in [-0.4, -0.2) is 27.8 Å². The fraction of sp³-hybridized carbons (Fsp3) is 0.300. The van der Waals surface area contributed by atoms with Crippen molar-refractivity contribution in [2.75, 3.05) is 5.75 Å². The second-order valence-corrected chi connectivity index (χ2v) is 3.71. The fourth-order valence-corrected chi connectivity index (χ4v) is 1.59. The molecule has 7 heteroatoms. The number of para-hydroxylation sites is 1. The third kappa shape index (κ3) is 3.72. The van der Waals surface area contributed by atoms with Crippen molar-refractivity contribution in [1.29, 1.82) is 0 Å². The van der Waals surface area contributed by atoms with Gasteiger partial charge in [-0.2, -0.15) is 12.6 Å². The number of hydrogen-bond donors (Lipinski definition) is 3. The Morgan fingerprint density at radius 1 is 1.53 bits per heavy atom. The minimum atomic E-state index is -1.03. The highest BCUT2D eigenvalue weighted by molar-refractivity contribution is 7.80. The molecular formula is C10H12N2O4S. The van der Waals surface area contributed by atoms with Crippen LogP contribution < -0.4 is 5.32 Å². The Hall–Kier alpha value is -1.60. The van der Waals surface area contributed by atoms with Crippen molar-refractivity contribution in [3.63, 3.8) is 0 Å². The van der Waals surface area contributed by atoms with Gasteiger partial charge in [0.25, 0.3) is 5.69 Å². The van der Waals surface area contributed by atoms with E-state index in [1.807, 2.05) is 0 Å².